The Hall–Kier alpha value is -0.580. The van der Waals surface area contributed by atoms with Crippen molar-refractivity contribution in [3.05, 3.63) is 16.3 Å². The maximum absolute atomic E-state index is 5.97. The Labute approximate surface area is 94.8 Å². The minimum atomic E-state index is 0.376. The van der Waals surface area contributed by atoms with Crippen LogP contribution in [0.4, 0.5) is 0 Å². The molecule has 0 unspecified atom stereocenters. The Kier molecular flexibility index (Phi) is 3.61. The van der Waals surface area contributed by atoms with Gasteiger partial charge in [-0.2, -0.15) is 0 Å². The Bertz CT molecular complexity index is 305. The molecule has 2 heterocycles. The number of hydrogen-bond acceptors (Lipinski definition) is 4. The van der Waals surface area contributed by atoms with Crippen molar-refractivity contribution in [2.24, 2.45) is 5.73 Å². The second-order valence-electron chi connectivity index (χ2n) is 4.03. The highest BCUT2D eigenvalue weighted by Crippen LogP contribution is 2.27. The molecule has 1 aromatic heterocycles. The van der Waals surface area contributed by atoms with Gasteiger partial charge in [0.1, 0.15) is 11.9 Å². The van der Waals surface area contributed by atoms with Crippen LogP contribution in [0.2, 0.25) is 0 Å². The third-order valence-corrected chi connectivity index (χ3v) is 3.77. The summed E-state index contributed by atoms with van der Waals surface area (Å²) in [5.41, 5.74) is 5.64. The first-order chi connectivity index (χ1) is 7.29. The van der Waals surface area contributed by atoms with E-state index in [1.54, 1.807) is 11.3 Å². The summed E-state index contributed by atoms with van der Waals surface area (Å²) in [5, 5.41) is 2.05. The van der Waals surface area contributed by atoms with E-state index in [9.17, 15) is 0 Å². The molecule has 0 amide bonds. The zero-order chi connectivity index (χ0) is 10.7. The highest BCUT2D eigenvalue weighted by atomic mass is 32.1. The van der Waals surface area contributed by atoms with Gasteiger partial charge in [0, 0.05) is 19.6 Å². The first kappa shape index (κ1) is 10.9. The van der Waals surface area contributed by atoms with Gasteiger partial charge in [-0.05, 0) is 31.3 Å². The van der Waals surface area contributed by atoms with Crippen LogP contribution in [0.25, 0.3) is 0 Å². The molecule has 1 aliphatic heterocycles. The van der Waals surface area contributed by atoms with E-state index < -0.39 is 0 Å². The van der Waals surface area contributed by atoms with Crippen molar-refractivity contribution in [1.82, 2.24) is 4.90 Å². The first-order valence-corrected chi connectivity index (χ1v) is 6.29. The Morgan fingerprint density at radius 2 is 2.27 bits per heavy atom. The lowest BCUT2D eigenvalue weighted by atomic mass is 10.1. The minimum absolute atomic E-state index is 0.376. The molecule has 0 aromatic carbocycles. The van der Waals surface area contributed by atoms with Gasteiger partial charge in [-0.1, -0.05) is 0 Å². The summed E-state index contributed by atoms with van der Waals surface area (Å²) in [7, 11) is 2.16. The van der Waals surface area contributed by atoms with Gasteiger partial charge in [0.05, 0.1) is 4.88 Å². The van der Waals surface area contributed by atoms with Gasteiger partial charge >= 0.3 is 0 Å². The SMILES string of the molecule is CN1CCC(Oc2ccsc2CN)CC1. The standard InChI is InChI=1S/C11H18N2OS/c1-13-5-2-9(3-6-13)14-10-4-7-15-11(10)8-12/h4,7,9H,2-3,5-6,8,12H2,1H3. The molecular weight excluding hydrogens is 208 g/mol. The van der Waals surface area contributed by atoms with E-state index in [1.807, 2.05) is 11.4 Å². The van der Waals surface area contributed by atoms with E-state index in [2.05, 4.69) is 11.9 Å². The normalized spacial score (nSPS) is 19.3. The van der Waals surface area contributed by atoms with Gasteiger partial charge in [0.25, 0.3) is 0 Å². The van der Waals surface area contributed by atoms with E-state index in [1.165, 1.54) is 0 Å². The molecule has 0 atom stereocenters. The monoisotopic (exact) mass is 226 g/mol. The Balaban J connectivity index is 1.91. The van der Waals surface area contributed by atoms with Gasteiger partial charge in [0.15, 0.2) is 0 Å². The molecule has 2 N–H and O–H groups in total. The van der Waals surface area contributed by atoms with E-state index in [0.717, 1.165) is 36.6 Å². The van der Waals surface area contributed by atoms with Crippen LogP contribution in [0.1, 0.15) is 17.7 Å². The van der Waals surface area contributed by atoms with E-state index in [-0.39, 0.29) is 0 Å². The van der Waals surface area contributed by atoms with Crippen molar-refractivity contribution in [1.29, 1.82) is 0 Å². The van der Waals surface area contributed by atoms with Crippen LogP contribution < -0.4 is 10.5 Å². The van der Waals surface area contributed by atoms with E-state index >= 15 is 0 Å². The summed E-state index contributed by atoms with van der Waals surface area (Å²) in [6.45, 7) is 2.85. The number of hydrogen-bond donors (Lipinski definition) is 1. The van der Waals surface area contributed by atoms with Crippen LogP contribution in [0.5, 0.6) is 5.75 Å². The predicted octanol–water partition coefficient (Wildman–Crippen LogP) is 1.68. The fraction of sp³-hybridized carbons (Fsp3) is 0.636. The first-order valence-electron chi connectivity index (χ1n) is 5.41. The summed E-state index contributed by atoms with van der Waals surface area (Å²) < 4.78 is 5.97. The molecule has 0 aliphatic carbocycles. The highest BCUT2D eigenvalue weighted by molar-refractivity contribution is 7.10. The second-order valence-corrected chi connectivity index (χ2v) is 5.03. The zero-order valence-corrected chi connectivity index (χ0v) is 9.93. The zero-order valence-electron chi connectivity index (χ0n) is 9.11. The maximum Gasteiger partial charge on any atom is 0.134 e. The van der Waals surface area contributed by atoms with Crippen molar-refractivity contribution in [2.75, 3.05) is 20.1 Å². The van der Waals surface area contributed by atoms with Crippen molar-refractivity contribution >= 4 is 11.3 Å². The van der Waals surface area contributed by atoms with Gasteiger partial charge in [-0.3, -0.25) is 0 Å². The summed E-state index contributed by atoms with van der Waals surface area (Å²) in [6.07, 6.45) is 2.62. The van der Waals surface area contributed by atoms with Gasteiger partial charge in [-0.25, -0.2) is 0 Å². The highest BCUT2D eigenvalue weighted by Gasteiger charge is 2.19. The van der Waals surface area contributed by atoms with Crippen molar-refractivity contribution in [3.63, 3.8) is 0 Å². The largest absolute Gasteiger partial charge is 0.489 e. The maximum atomic E-state index is 5.97. The van der Waals surface area contributed by atoms with Crippen LogP contribution in [0, 0.1) is 0 Å². The fourth-order valence-electron chi connectivity index (χ4n) is 1.86. The van der Waals surface area contributed by atoms with Crippen LogP contribution >= 0.6 is 11.3 Å². The van der Waals surface area contributed by atoms with Crippen molar-refractivity contribution < 1.29 is 4.74 Å². The second kappa shape index (κ2) is 4.96. The minimum Gasteiger partial charge on any atom is -0.489 e. The van der Waals surface area contributed by atoms with E-state index in [0.29, 0.717) is 12.6 Å². The molecule has 0 radical (unpaired) electrons. The molecule has 1 aromatic rings. The number of nitrogens with zero attached hydrogens (tertiary/aromatic N) is 1. The number of rotatable bonds is 3. The van der Waals surface area contributed by atoms with Crippen molar-refractivity contribution in [2.45, 2.75) is 25.5 Å². The van der Waals surface area contributed by atoms with Crippen LogP contribution in [0.3, 0.4) is 0 Å². The average molecular weight is 226 g/mol. The fourth-order valence-corrected chi connectivity index (χ4v) is 2.55. The molecule has 4 heteroatoms. The quantitative estimate of drug-likeness (QED) is 0.852. The van der Waals surface area contributed by atoms with Crippen LogP contribution in [-0.4, -0.2) is 31.1 Å². The molecule has 15 heavy (non-hydrogen) atoms. The third kappa shape index (κ3) is 2.71. The summed E-state index contributed by atoms with van der Waals surface area (Å²) in [6, 6.07) is 2.03. The number of likely N-dealkylation sites (tertiary alicyclic amines) is 1. The van der Waals surface area contributed by atoms with E-state index in [4.69, 9.17) is 10.5 Å². The molecule has 0 bridgehead atoms. The Morgan fingerprint density at radius 1 is 1.53 bits per heavy atom. The molecule has 1 fully saturated rings. The van der Waals surface area contributed by atoms with Crippen LogP contribution in [-0.2, 0) is 6.54 Å². The lowest BCUT2D eigenvalue weighted by molar-refractivity contribution is 0.114. The topological polar surface area (TPSA) is 38.5 Å². The smallest absolute Gasteiger partial charge is 0.134 e. The molecule has 1 saturated heterocycles. The summed E-state index contributed by atoms with van der Waals surface area (Å²) >= 11 is 1.68. The molecular formula is C11H18N2OS. The molecule has 84 valence electrons. The number of nitrogens with two attached hydrogens (primary N) is 1. The molecule has 0 saturated carbocycles. The lowest BCUT2D eigenvalue weighted by Gasteiger charge is -2.29. The number of thiophene rings is 1. The summed E-state index contributed by atoms with van der Waals surface area (Å²) in [4.78, 5) is 3.51. The lowest BCUT2D eigenvalue weighted by Crippen LogP contribution is -2.35. The van der Waals surface area contributed by atoms with Gasteiger partial charge in [-0.15, -0.1) is 11.3 Å². The number of piperidine rings is 1. The predicted molar refractivity (Wildman–Crippen MR) is 63.4 cm³/mol. The Morgan fingerprint density at radius 3 is 2.93 bits per heavy atom. The van der Waals surface area contributed by atoms with Gasteiger partial charge < -0.3 is 15.4 Å². The van der Waals surface area contributed by atoms with Gasteiger partial charge in [0.2, 0.25) is 0 Å². The number of ether oxygens (including phenoxy) is 1. The third-order valence-electron chi connectivity index (χ3n) is 2.85. The molecule has 1 aliphatic rings. The van der Waals surface area contributed by atoms with Crippen LogP contribution in [0.15, 0.2) is 11.4 Å². The molecule has 3 nitrogen and oxygen atoms in total. The summed E-state index contributed by atoms with van der Waals surface area (Å²) in [5.74, 6) is 0.997. The van der Waals surface area contributed by atoms with Crippen molar-refractivity contribution in [3.8, 4) is 5.75 Å². The average Bonchev–Trinajstić information content (AvgIpc) is 2.69. The molecule has 2 rings (SSSR count). The molecule has 0 spiro atoms.